The number of carbonyl (C=O) groups excluding carboxylic acids is 1. The molecule has 0 aliphatic carbocycles. The molecule has 0 radical (unpaired) electrons. The quantitative estimate of drug-likeness (QED) is 0.498. The Hall–Kier alpha value is -3.38. The van der Waals surface area contributed by atoms with E-state index < -0.39 is 45.6 Å². The number of benzene rings is 2. The van der Waals surface area contributed by atoms with Gasteiger partial charge in [0.15, 0.2) is 5.82 Å². The maximum Gasteiger partial charge on any atom is 0.417 e. The maximum absolute atomic E-state index is 14.7. The highest BCUT2D eigenvalue weighted by Gasteiger charge is 2.38. The van der Waals surface area contributed by atoms with E-state index >= 15 is 0 Å². The Bertz CT molecular complexity index is 1360. The predicted molar refractivity (Wildman–Crippen MR) is 114 cm³/mol. The van der Waals surface area contributed by atoms with E-state index in [0.717, 1.165) is 35.0 Å². The highest BCUT2D eigenvalue weighted by atomic mass is 35.5. The Labute approximate surface area is 199 Å². The van der Waals surface area contributed by atoms with E-state index in [1.54, 1.807) is 0 Å². The first-order valence-electron chi connectivity index (χ1n) is 10.3. The number of hydrogen-bond donors (Lipinski definition) is 0. The third-order valence-corrected chi connectivity index (χ3v) is 6.20. The molecule has 1 saturated heterocycles. The number of alkyl halides is 3. The number of hydrogen-bond acceptors (Lipinski definition) is 5. The molecule has 3 aromatic rings. The van der Waals surface area contributed by atoms with Crippen LogP contribution in [0.15, 0.2) is 35.3 Å². The van der Waals surface area contributed by atoms with Crippen molar-refractivity contribution in [3.8, 4) is 5.69 Å². The molecule has 0 unspecified atom stereocenters. The van der Waals surface area contributed by atoms with Crippen molar-refractivity contribution in [1.82, 2.24) is 19.7 Å². The van der Waals surface area contributed by atoms with Crippen LogP contribution in [-0.2, 0) is 17.5 Å². The summed E-state index contributed by atoms with van der Waals surface area (Å²) in [5.41, 5.74) is -2.70. The molecule has 182 valence electrons. The Kier molecular flexibility index (Phi) is 5.59. The summed E-state index contributed by atoms with van der Waals surface area (Å²) in [4.78, 5) is 22.6. The number of carbonyl (C=O) groups is 1. The summed E-state index contributed by atoms with van der Waals surface area (Å²) in [5.74, 6) is -2.68. The number of ether oxygens (including phenoxy) is 1. The van der Waals surface area contributed by atoms with Crippen LogP contribution in [0.3, 0.4) is 0 Å². The number of rotatable bonds is 3. The molecule has 0 spiro atoms. The lowest BCUT2D eigenvalue weighted by Gasteiger charge is -2.37. The topological polar surface area (TPSA) is 72.6 Å². The van der Waals surface area contributed by atoms with Crippen LogP contribution in [0.25, 0.3) is 5.69 Å². The average molecular weight is 512 g/mol. The average Bonchev–Trinajstić information content (AvgIpc) is 3.12. The molecule has 1 aromatic heterocycles. The molecule has 7 nitrogen and oxygen atoms in total. The van der Waals surface area contributed by atoms with Crippen molar-refractivity contribution in [2.75, 3.05) is 20.2 Å². The molecule has 5 rings (SSSR count). The molecule has 0 N–H and O–H groups in total. The molecule has 35 heavy (non-hydrogen) atoms. The van der Waals surface area contributed by atoms with Crippen LogP contribution in [0, 0.1) is 11.6 Å². The number of nitrogens with zero attached hydrogens (tertiary/aromatic N) is 5. The number of methoxy groups -OCH3 is 1. The van der Waals surface area contributed by atoms with Gasteiger partial charge in [-0.3, -0.25) is 9.79 Å². The minimum Gasteiger partial charge on any atom is -0.378 e. The summed E-state index contributed by atoms with van der Waals surface area (Å²) in [6.45, 7) is 0.354. The van der Waals surface area contributed by atoms with E-state index in [0.29, 0.717) is 13.1 Å². The summed E-state index contributed by atoms with van der Waals surface area (Å²) in [6.07, 6.45) is -4.96. The Morgan fingerprint density at radius 2 is 1.80 bits per heavy atom. The van der Waals surface area contributed by atoms with Gasteiger partial charge in [-0.1, -0.05) is 17.7 Å². The molecular weight excluding hydrogens is 497 g/mol. The zero-order chi connectivity index (χ0) is 25.1. The minimum absolute atomic E-state index is 0.0539. The van der Waals surface area contributed by atoms with Crippen LogP contribution >= 0.6 is 11.6 Å². The number of halogens is 6. The smallest absolute Gasteiger partial charge is 0.378 e. The highest BCUT2D eigenvalue weighted by molar-refractivity contribution is 6.37. The van der Waals surface area contributed by atoms with Gasteiger partial charge >= 0.3 is 6.18 Å². The molecule has 0 saturated carbocycles. The summed E-state index contributed by atoms with van der Waals surface area (Å²) in [7, 11) is 1.52. The van der Waals surface area contributed by atoms with E-state index in [9.17, 15) is 26.7 Å². The number of likely N-dealkylation sites (tertiary alicyclic amines) is 1. The third kappa shape index (κ3) is 3.86. The monoisotopic (exact) mass is 511 g/mol. The van der Waals surface area contributed by atoms with Gasteiger partial charge in [-0.15, -0.1) is 5.10 Å². The zero-order valence-corrected chi connectivity index (χ0v) is 18.7. The van der Waals surface area contributed by atoms with Crippen LogP contribution < -0.4 is 0 Å². The van der Waals surface area contributed by atoms with Crippen molar-refractivity contribution in [2.24, 2.45) is 4.99 Å². The van der Waals surface area contributed by atoms with Crippen molar-refractivity contribution in [3.05, 3.63) is 75.3 Å². The van der Waals surface area contributed by atoms with Gasteiger partial charge in [0, 0.05) is 25.8 Å². The van der Waals surface area contributed by atoms with Crippen molar-refractivity contribution >= 4 is 23.2 Å². The first kappa shape index (κ1) is 23.4. The minimum atomic E-state index is -4.85. The van der Waals surface area contributed by atoms with Crippen LogP contribution in [0.2, 0.25) is 5.02 Å². The zero-order valence-electron chi connectivity index (χ0n) is 17.9. The Morgan fingerprint density at radius 1 is 1.11 bits per heavy atom. The lowest BCUT2D eigenvalue weighted by molar-refractivity contribution is -0.137. The number of aliphatic imine (C=N–C) groups is 1. The normalized spacial score (nSPS) is 15.7. The van der Waals surface area contributed by atoms with Crippen LogP contribution in [-0.4, -0.2) is 57.6 Å². The number of fused-ring (bicyclic) bond motifs is 3. The molecule has 0 bridgehead atoms. The van der Waals surface area contributed by atoms with Crippen LogP contribution in [0.1, 0.15) is 33.1 Å². The largest absolute Gasteiger partial charge is 0.417 e. The first-order valence-corrected chi connectivity index (χ1v) is 10.6. The van der Waals surface area contributed by atoms with Crippen LogP contribution in [0.5, 0.6) is 0 Å². The van der Waals surface area contributed by atoms with Crippen molar-refractivity contribution in [3.63, 3.8) is 0 Å². The van der Waals surface area contributed by atoms with Crippen LogP contribution in [0.4, 0.5) is 22.0 Å². The van der Waals surface area contributed by atoms with Gasteiger partial charge in [0.2, 0.25) is 5.82 Å². The van der Waals surface area contributed by atoms with Gasteiger partial charge in [0.25, 0.3) is 5.91 Å². The summed E-state index contributed by atoms with van der Waals surface area (Å²) in [6, 6.07) is 4.82. The van der Waals surface area contributed by atoms with Crippen molar-refractivity contribution < 1.29 is 31.5 Å². The second-order valence-electron chi connectivity index (χ2n) is 7.91. The summed E-state index contributed by atoms with van der Waals surface area (Å²) < 4.78 is 76.5. The molecule has 2 aromatic carbocycles. The van der Waals surface area contributed by atoms with Gasteiger partial charge in [-0.25, -0.2) is 18.4 Å². The van der Waals surface area contributed by atoms with Crippen molar-refractivity contribution in [1.29, 1.82) is 0 Å². The molecule has 3 heterocycles. The SMILES string of the molecule is COC1CN(C(=O)c2nc3n(n2)-c2ccc(C(F)(F)F)c(Cl)c2C(c2c(F)cccc2F)=NC3)C1. The molecule has 2 aliphatic heterocycles. The third-order valence-electron chi connectivity index (χ3n) is 5.80. The maximum atomic E-state index is 14.7. The number of aromatic nitrogens is 3. The Morgan fingerprint density at radius 3 is 2.43 bits per heavy atom. The molecule has 0 atom stereocenters. The molecule has 13 heteroatoms. The molecule has 1 amide bonds. The van der Waals surface area contributed by atoms with Gasteiger partial charge in [0.05, 0.1) is 40.2 Å². The van der Waals surface area contributed by atoms with Gasteiger partial charge < -0.3 is 9.64 Å². The van der Waals surface area contributed by atoms with E-state index in [-0.39, 0.29) is 35.5 Å². The first-order chi connectivity index (χ1) is 16.6. The number of amides is 1. The molecule has 2 aliphatic rings. The van der Waals surface area contributed by atoms with E-state index in [1.165, 1.54) is 12.0 Å². The fraction of sp³-hybridized carbons (Fsp3) is 0.273. The van der Waals surface area contributed by atoms with E-state index in [2.05, 4.69) is 15.1 Å². The van der Waals surface area contributed by atoms with Gasteiger partial charge in [-0.05, 0) is 24.3 Å². The van der Waals surface area contributed by atoms with Gasteiger partial charge in [0.1, 0.15) is 11.6 Å². The van der Waals surface area contributed by atoms with Gasteiger partial charge in [-0.2, -0.15) is 13.2 Å². The second-order valence-corrected chi connectivity index (χ2v) is 8.29. The lowest BCUT2D eigenvalue weighted by Crippen LogP contribution is -2.54. The Balaban J connectivity index is 1.68. The highest BCUT2D eigenvalue weighted by Crippen LogP contribution is 2.40. The van der Waals surface area contributed by atoms with E-state index in [4.69, 9.17) is 16.3 Å². The second kappa shape index (κ2) is 8.38. The summed E-state index contributed by atoms with van der Waals surface area (Å²) in [5, 5.41) is 3.38. The van der Waals surface area contributed by atoms with E-state index in [1.807, 2.05) is 0 Å². The standard InChI is InChI=1S/C22H15ClF5N5O2/c1-35-10-8-32(9-10)21(34)20-30-15-7-29-19(16-12(24)3-2-4-13(16)25)17-14(33(15)31-20)6-5-11(18(17)23)22(26,27)28/h2-6,10H,7-9H2,1H3. The fourth-order valence-electron chi connectivity index (χ4n) is 3.97. The fourth-order valence-corrected chi connectivity index (χ4v) is 4.32. The molecule has 1 fully saturated rings. The molecular formula is C22H15ClF5N5O2. The lowest BCUT2D eigenvalue weighted by atomic mass is 9.97. The van der Waals surface area contributed by atoms with Crippen molar-refractivity contribution in [2.45, 2.75) is 18.8 Å². The summed E-state index contributed by atoms with van der Waals surface area (Å²) >= 11 is 6.19. The predicted octanol–water partition coefficient (Wildman–Crippen LogP) is 4.04.